The fourth-order valence-corrected chi connectivity index (χ4v) is 2.45. The van der Waals surface area contributed by atoms with Gasteiger partial charge in [0.2, 0.25) is 0 Å². The van der Waals surface area contributed by atoms with Crippen LogP contribution in [0.4, 0.5) is 0 Å². The Balaban J connectivity index is 1.98. The van der Waals surface area contributed by atoms with E-state index in [2.05, 4.69) is 0 Å². The smallest absolute Gasteiger partial charge is 0.335 e. The number of ether oxygens (including phenoxy) is 3. The molecule has 2 aliphatic rings. The van der Waals surface area contributed by atoms with Crippen LogP contribution in [0.5, 0.6) is 0 Å². The minimum absolute atomic E-state index is 0.584. The van der Waals surface area contributed by atoms with Crippen LogP contribution in [-0.4, -0.2) is 115 Å². The van der Waals surface area contributed by atoms with E-state index in [-0.39, 0.29) is 0 Å². The van der Waals surface area contributed by atoms with Gasteiger partial charge < -0.3 is 55.1 Å². The zero-order chi connectivity index (χ0) is 18.2. The normalized spacial score (nSPS) is 49.8. The molecule has 0 aliphatic carbocycles. The average molecular weight is 356 g/mol. The molecule has 0 saturated carbocycles. The van der Waals surface area contributed by atoms with Gasteiger partial charge in [-0.05, 0) is 0 Å². The van der Waals surface area contributed by atoms with E-state index in [1.54, 1.807) is 0 Å². The number of aliphatic hydroxyl groups excluding tert-OH is 7. The van der Waals surface area contributed by atoms with Crippen LogP contribution in [0.3, 0.4) is 0 Å². The third kappa shape index (κ3) is 3.67. The zero-order valence-electron chi connectivity index (χ0n) is 12.2. The van der Waals surface area contributed by atoms with E-state index in [0.29, 0.717) is 0 Å². The summed E-state index contributed by atoms with van der Waals surface area (Å²) in [4.78, 5) is 11.0. The molecule has 0 amide bonds. The molecule has 8 N–H and O–H groups in total. The van der Waals surface area contributed by atoms with Gasteiger partial charge in [0.05, 0.1) is 6.61 Å². The molecule has 0 bridgehead atoms. The Morgan fingerprint density at radius 3 is 1.96 bits per heavy atom. The Labute approximate surface area is 135 Å². The number of aliphatic hydroxyl groups is 7. The quantitative estimate of drug-likeness (QED) is 0.238. The van der Waals surface area contributed by atoms with Gasteiger partial charge in [-0.3, -0.25) is 0 Å². The Hall–Kier alpha value is -0.930. The molecule has 24 heavy (non-hydrogen) atoms. The van der Waals surface area contributed by atoms with Crippen LogP contribution in [0.1, 0.15) is 0 Å². The highest BCUT2D eigenvalue weighted by Crippen LogP contribution is 2.25. The van der Waals surface area contributed by atoms with Crippen molar-refractivity contribution < 1.29 is 59.9 Å². The van der Waals surface area contributed by atoms with Crippen molar-refractivity contribution in [3.63, 3.8) is 0 Å². The lowest BCUT2D eigenvalue weighted by molar-refractivity contribution is -0.321. The lowest BCUT2D eigenvalue weighted by atomic mass is 9.98. The van der Waals surface area contributed by atoms with Crippen LogP contribution in [0.25, 0.3) is 0 Å². The van der Waals surface area contributed by atoms with Crippen molar-refractivity contribution in [3.05, 3.63) is 0 Å². The minimum atomic E-state index is -1.88. The summed E-state index contributed by atoms with van der Waals surface area (Å²) < 4.78 is 14.7. The van der Waals surface area contributed by atoms with Crippen LogP contribution in [0.2, 0.25) is 0 Å². The second-order valence-corrected chi connectivity index (χ2v) is 5.61. The molecule has 0 unspecified atom stereocenters. The van der Waals surface area contributed by atoms with Gasteiger partial charge in [-0.1, -0.05) is 0 Å². The van der Waals surface area contributed by atoms with E-state index >= 15 is 0 Å². The number of carboxylic acids is 1. The highest BCUT2D eigenvalue weighted by atomic mass is 16.7. The Morgan fingerprint density at radius 1 is 0.792 bits per heavy atom. The van der Waals surface area contributed by atoms with Crippen molar-refractivity contribution in [1.29, 1.82) is 0 Å². The number of hydrogen-bond donors (Lipinski definition) is 8. The maximum Gasteiger partial charge on any atom is 0.335 e. The number of hydrogen-bond acceptors (Lipinski definition) is 11. The molecule has 0 aromatic carbocycles. The van der Waals surface area contributed by atoms with E-state index in [1.807, 2.05) is 0 Å². The van der Waals surface area contributed by atoms with E-state index in [0.717, 1.165) is 0 Å². The first-order valence-corrected chi connectivity index (χ1v) is 7.07. The molecular weight excluding hydrogens is 336 g/mol. The molecule has 0 aromatic rings. The average Bonchev–Trinajstić information content (AvgIpc) is 2.54. The monoisotopic (exact) mass is 356 g/mol. The van der Waals surface area contributed by atoms with Crippen molar-refractivity contribution in [1.82, 2.24) is 0 Å². The molecule has 2 fully saturated rings. The Kier molecular flexibility index (Phi) is 6.09. The van der Waals surface area contributed by atoms with Gasteiger partial charge in [0.15, 0.2) is 18.7 Å². The fraction of sp³-hybridized carbons (Fsp3) is 0.917. The summed E-state index contributed by atoms with van der Waals surface area (Å²) >= 11 is 0. The van der Waals surface area contributed by atoms with Gasteiger partial charge in [0.25, 0.3) is 0 Å². The number of carboxylic acid groups (broad SMARTS) is 1. The summed E-state index contributed by atoms with van der Waals surface area (Å²) in [5.41, 5.74) is 0. The summed E-state index contributed by atoms with van der Waals surface area (Å²) in [6.45, 7) is -0.584. The first-order chi connectivity index (χ1) is 11.1. The number of aliphatic carboxylic acids is 1. The van der Waals surface area contributed by atoms with Gasteiger partial charge in [-0.25, -0.2) is 4.79 Å². The van der Waals surface area contributed by atoms with Crippen molar-refractivity contribution in [2.24, 2.45) is 0 Å². The summed E-state index contributed by atoms with van der Waals surface area (Å²) in [7, 11) is 0. The first kappa shape index (κ1) is 19.4. The molecular formula is C12H20O12. The molecule has 2 heterocycles. The third-order valence-corrected chi connectivity index (χ3v) is 3.92. The Morgan fingerprint density at radius 2 is 1.38 bits per heavy atom. The summed E-state index contributed by atoms with van der Waals surface area (Å²) in [5, 5.41) is 75.8. The summed E-state index contributed by atoms with van der Waals surface area (Å²) in [6.07, 6.45) is -17.3. The van der Waals surface area contributed by atoms with Crippen molar-refractivity contribution >= 4 is 5.97 Å². The van der Waals surface area contributed by atoms with Crippen molar-refractivity contribution in [2.75, 3.05) is 6.61 Å². The molecule has 0 spiro atoms. The maximum atomic E-state index is 11.0. The first-order valence-electron chi connectivity index (χ1n) is 7.07. The number of rotatable bonds is 4. The largest absolute Gasteiger partial charge is 0.479 e. The molecule has 2 saturated heterocycles. The highest BCUT2D eigenvalue weighted by molar-refractivity contribution is 5.73. The predicted molar refractivity (Wildman–Crippen MR) is 69.2 cm³/mol. The van der Waals surface area contributed by atoms with Gasteiger partial charge in [0.1, 0.15) is 42.7 Å². The van der Waals surface area contributed by atoms with Gasteiger partial charge in [-0.2, -0.15) is 0 Å². The third-order valence-electron chi connectivity index (χ3n) is 3.92. The van der Waals surface area contributed by atoms with Gasteiger partial charge in [0, 0.05) is 0 Å². The van der Waals surface area contributed by atoms with Crippen LogP contribution >= 0.6 is 0 Å². The lowest BCUT2D eigenvalue weighted by Gasteiger charge is -2.41. The van der Waals surface area contributed by atoms with Gasteiger partial charge in [-0.15, -0.1) is 0 Å². The molecule has 12 nitrogen and oxygen atoms in total. The molecule has 2 aliphatic heterocycles. The molecule has 2 rings (SSSR count). The highest BCUT2D eigenvalue weighted by Gasteiger charge is 2.49. The summed E-state index contributed by atoms with van der Waals surface area (Å²) in [6, 6.07) is 0. The van der Waals surface area contributed by atoms with Crippen LogP contribution in [-0.2, 0) is 19.0 Å². The topological polar surface area (TPSA) is 207 Å². The fourth-order valence-electron chi connectivity index (χ4n) is 2.45. The molecule has 10 atom stereocenters. The van der Waals surface area contributed by atoms with Crippen LogP contribution in [0.15, 0.2) is 0 Å². The van der Waals surface area contributed by atoms with E-state index < -0.39 is 74.0 Å². The van der Waals surface area contributed by atoms with Crippen molar-refractivity contribution in [3.8, 4) is 0 Å². The van der Waals surface area contributed by atoms with Crippen LogP contribution < -0.4 is 0 Å². The second-order valence-electron chi connectivity index (χ2n) is 5.61. The number of carbonyl (C=O) groups is 1. The Bertz CT molecular complexity index is 446. The molecule has 0 aromatic heterocycles. The SMILES string of the molecule is O=C(O)[C@H]1O[C@@H](OC[C@@H]2O[C@H](O)[C@@H](O)[C@H](O)[C@H]2O)[C@H](O)[C@H](O)[C@@H]1O. The molecule has 140 valence electrons. The zero-order valence-corrected chi connectivity index (χ0v) is 12.2. The van der Waals surface area contributed by atoms with E-state index in [9.17, 15) is 40.5 Å². The molecule has 12 heteroatoms. The van der Waals surface area contributed by atoms with E-state index in [1.165, 1.54) is 0 Å². The van der Waals surface area contributed by atoms with Crippen molar-refractivity contribution in [2.45, 2.75) is 61.4 Å². The predicted octanol–water partition coefficient (Wildman–Crippen LogP) is -5.30. The standard InChI is InChI=1S/C12H20O12/c13-3-2(23-11(21)7(17)4(3)14)1-22-12-8(18)5(15)6(16)9(24-12)10(19)20/h2-9,11-18,21H,1H2,(H,19,20)/t2-,3-,4+,5+,6-,7-,8+,9-,11-,12+/m0/s1. The minimum Gasteiger partial charge on any atom is -0.479 e. The molecule has 0 radical (unpaired) electrons. The lowest BCUT2D eigenvalue weighted by Crippen LogP contribution is -2.62. The maximum absolute atomic E-state index is 11.0. The van der Waals surface area contributed by atoms with Gasteiger partial charge >= 0.3 is 5.97 Å². The summed E-state index contributed by atoms with van der Waals surface area (Å²) in [5.74, 6) is -1.59. The van der Waals surface area contributed by atoms with Crippen LogP contribution in [0, 0.1) is 0 Å². The second kappa shape index (κ2) is 7.53. The van der Waals surface area contributed by atoms with E-state index in [4.69, 9.17) is 19.3 Å².